The number of anilines is 2. The summed E-state index contributed by atoms with van der Waals surface area (Å²) in [6.45, 7) is 0.545. The van der Waals surface area contributed by atoms with Crippen molar-refractivity contribution in [2.24, 2.45) is 5.92 Å². The summed E-state index contributed by atoms with van der Waals surface area (Å²) in [5, 5.41) is 17.0. The Morgan fingerprint density at radius 2 is 2.04 bits per heavy atom. The largest absolute Gasteiger partial charge is 0.380 e. The van der Waals surface area contributed by atoms with Gasteiger partial charge in [-0.15, -0.1) is 0 Å². The van der Waals surface area contributed by atoms with E-state index in [1.165, 1.54) is 12.1 Å². The number of nitro groups is 1. The van der Waals surface area contributed by atoms with Gasteiger partial charge in [0, 0.05) is 40.4 Å². The lowest BCUT2D eigenvalue weighted by Gasteiger charge is -2.24. The van der Waals surface area contributed by atoms with Crippen molar-refractivity contribution in [1.29, 1.82) is 0 Å². The molecule has 0 unspecified atom stereocenters. The van der Waals surface area contributed by atoms with E-state index in [2.05, 4.69) is 26.6 Å². The average molecular weight is 404 g/mol. The lowest BCUT2D eigenvalue weighted by atomic mass is 9.85. The molecule has 3 rings (SSSR count). The predicted molar refractivity (Wildman–Crippen MR) is 101 cm³/mol. The van der Waals surface area contributed by atoms with Gasteiger partial charge in [0.25, 0.3) is 5.69 Å². The number of amides is 1. The van der Waals surface area contributed by atoms with Crippen LogP contribution < -0.4 is 10.6 Å². The maximum atomic E-state index is 12.0. The highest BCUT2D eigenvalue weighted by Crippen LogP contribution is 2.29. The van der Waals surface area contributed by atoms with E-state index in [0.717, 1.165) is 36.2 Å². The van der Waals surface area contributed by atoms with Crippen LogP contribution in [0.2, 0.25) is 0 Å². The van der Waals surface area contributed by atoms with Crippen LogP contribution in [0.3, 0.4) is 0 Å². The van der Waals surface area contributed by atoms with Crippen molar-refractivity contribution in [3.8, 4) is 0 Å². The highest BCUT2D eigenvalue weighted by Gasteiger charge is 2.25. The van der Waals surface area contributed by atoms with E-state index in [1.807, 2.05) is 24.3 Å². The summed E-state index contributed by atoms with van der Waals surface area (Å²) in [6, 6.07) is 12.3. The molecule has 0 bridgehead atoms. The van der Waals surface area contributed by atoms with E-state index in [9.17, 15) is 14.9 Å². The van der Waals surface area contributed by atoms with Gasteiger partial charge in [-0.2, -0.15) is 0 Å². The molecule has 2 N–H and O–H groups in total. The van der Waals surface area contributed by atoms with E-state index in [0.29, 0.717) is 11.0 Å². The first-order valence-electron chi connectivity index (χ1n) is 8.10. The van der Waals surface area contributed by atoms with Crippen LogP contribution in [0.15, 0.2) is 46.9 Å². The fourth-order valence-corrected chi connectivity index (χ4v) is 3.14. The van der Waals surface area contributed by atoms with Crippen molar-refractivity contribution in [2.45, 2.75) is 25.8 Å². The van der Waals surface area contributed by atoms with Crippen LogP contribution in [0.25, 0.3) is 0 Å². The third-order valence-electron chi connectivity index (χ3n) is 4.32. The van der Waals surface area contributed by atoms with Gasteiger partial charge in [0.15, 0.2) is 0 Å². The Balaban J connectivity index is 1.62. The molecule has 0 spiro atoms. The molecule has 25 heavy (non-hydrogen) atoms. The molecule has 0 atom stereocenters. The molecule has 1 fully saturated rings. The first-order chi connectivity index (χ1) is 12.0. The Hall–Kier alpha value is -2.41. The zero-order valence-corrected chi connectivity index (χ0v) is 15.1. The zero-order valence-electron chi connectivity index (χ0n) is 13.5. The summed E-state index contributed by atoms with van der Waals surface area (Å²) in [7, 11) is 0. The minimum atomic E-state index is -0.428. The van der Waals surface area contributed by atoms with Gasteiger partial charge in [-0.1, -0.05) is 18.6 Å². The van der Waals surface area contributed by atoms with Crippen molar-refractivity contribution in [1.82, 2.24) is 0 Å². The third-order valence-corrected chi connectivity index (χ3v) is 4.97. The molecule has 130 valence electrons. The summed E-state index contributed by atoms with van der Waals surface area (Å²) < 4.78 is 0.635. The van der Waals surface area contributed by atoms with Crippen LogP contribution in [0.5, 0.6) is 0 Å². The number of carbonyl (C=O) groups is 1. The number of carbonyl (C=O) groups excluding carboxylic acids is 1. The Kier molecular flexibility index (Phi) is 5.33. The van der Waals surface area contributed by atoms with Crippen LogP contribution in [-0.4, -0.2) is 10.8 Å². The van der Waals surface area contributed by atoms with Gasteiger partial charge in [-0.3, -0.25) is 14.9 Å². The summed E-state index contributed by atoms with van der Waals surface area (Å²) in [6.07, 6.45) is 3.08. The van der Waals surface area contributed by atoms with E-state index in [1.54, 1.807) is 6.07 Å². The van der Waals surface area contributed by atoms with Gasteiger partial charge in [0.1, 0.15) is 0 Å². The quantitative estimate of drug-likeness (QED) is 0.540. The van der Waals surface area contributed by atoms with E-state index < -0.39 is 4.92 Å². The van der Waals surface area contributed by atoms with Crippen molar-refractivity contribution in [2.75, 3.05) is 10.6 Å². The second-order valence-corrected chi connectivity index (χ2v) is 6.95. The first kappa shape index (κ1) is 17.4. The predicted octanol–water partition coefficient (Wildman–Crippen LogP) is 4.71. The van der Waals surface area contributed by atoms with Crippen LogP contribution in [-0.2, 0) is 11.3 Å². The summed E-state index contributed by atoms with van der Waals surface area (Å²) in [5.41, 5.74) is 2.61. The fourth-order valence-electron chi connectivity index (χ4n) is 2.63. The maximum Gasteiger partial charge on any atom is 0.270 e. The van der Waals surface area contributed by atoms with Crippen molar-refractivity contribution < 1.29 is 9.72 Å². The number of non-ortho nitro benzene ring substituents is 1. The molecule has 2 aromatic carbocycles. The van der Waals surface area contributed by atoms with Gasteiger partial charge >= 0.3 is 0 Å². The molecule has 1 saturated carbocycles. The summed E-state index contributed by atoms with van der Waals surface area (Å²) in [4.78, 5) is 22.4. The lowest BCUT2D eigenvalue weighted by molar-refractivity contribution is -0.384. The summed E-state index contributed by atoms with van der Waals surface area (Å²) >= 11 is 3.34. The van der Waals surface area contributed by atoms with Gasteiger partial charge < -0.3 is 10.6 Å². The second kappa shape index (κ2) is 7.65. The van der Waals surface area contributed by atoms with E-state index in [-0.39, 0.29) is 17.5 Å². The van der Waals surface area contributed by atoms with Crippen molar-refractivity contribution in [3.05, 3.63) is 62.6 Å². The monoisotopic (exact) mass is 403 g/mol. The van der Waals surface area contributed by atoms with Gasteiger partial charge in [-0.25, -0.2) is 0 Å². The Morgan fingerprint density at radius 3 is 2.68 bits per heavy atom. The molecule has 0 saturated heterocycles. The number of nitrogens with one attached hydrogen (secondary N) is 2. The Labute approximate surface area is 153 Å². The van der Waals surface area contributed by atoms with Gasteiger partial charge in [-0.05, 0) is 52.5 Å². The molecule has 0 aromatic heterocycles. The van der Waals surface area contributed by atoms with Gasteiger partial charge in [0.05, 0.1) is 4.92 Å². The molecule has 6 nitrogen and oxygen atoms in total. The molecule has 0 aliphatic heterocycles. The van der Waals surface area contributed by atoms with Crippen molar-refractivity contribution >= 4 is 38.9 Å². The number of nitro benzene ring substituents is 1. The zero-order chi connectivity index (χ0) is 17.8. The normalized spacial score (nSPS) is 13.8. The van der Waals surface area contributed by atoms with Crippen molar-refractivity contribution in [3.63, 3.8) is 0 Å². The number of benzene rings is 2. The molecule has 0 radical (unpaired) electrons. The van der Waals surface area contributed by atoms with Gasteiger partial charge in [0.2, 0.25) is 5.91 Å². The number of hydrogen-bond donors (Lipinski definition) is 2. The molecular formula is C18H18BrN3O3. The van der Waals surface area contributed by atoms with Crippen LogP contribution in [0.1, 0.15) is 24.8 Å². The molecule has 0 heterocycles. The van der Waals surface area contributed by atoms with E-state index in [4.69, 9.17) is 0 Å². The average Bonchev–Trinajstić information content (AvgIpc) is 2.52. The number of hydrogen-bond acceptors (Lipinski definition) is 4. The van der Waals surface area contributed by atoms with Crippen LogP contribution in [0.4, 0.5) is 17.1 Å². The smallest absolute Gasteiger partial charge is 0.270 e. The van der Waals surface area contributed by atoms with Crippen LogP contribution in [0, 0.1) is 16.0 Å². The standard InChI is InChI=1S/C18H18BrN3O3/c19-16-10-15(22(24)25)7-8-17(16)20-11-12-3-1-6-14(9-12)21-18(23)13-4-2-5-13/h1,3,6-10,13,20H,2,4-5,11H2,(H,21,23). The lowest BCUT2D eigenvalue weighted by Crippen LogP contribution is -2.28. The number of halogens is 1. The van der Waals surface area contributed by atoms with Crippen LogP contribution >= 0.6 is 15.9 Å². The SMILES string of the molecule is O=C(Nc1cccc(CNc2ccc([N+](=O)[O-])cc2Br)c1)C1CCC1. The maximum absolute atomic E-state index is 12.0. The number of nitrogens with zero attached hydrogens (tertiary/aromatic N) is 1. The topological polar surface area (TPSA) is 84.3 Å². The minimum absolute atomic E-state index is 0.0399. The molecule has 7 heteroatoms. The minimum Gasteiger partial charge on any atom is -0.380 e. The molecule has 1 amide bonds. The summed E-state index contributed by atoms with van der Waals surface area (Å²) in [5.74, 6) is 0.243. The molecule has 1 aliphatic rings. The molecule has 1 aliphatic carbocycles. The van der Waals surface area contributed by atoms with E-state index >= 15 is 0 Å². The first-order valence-corrected chi connectivity index (χ1v) is 8.90. The third kappa shape index (κ3) is 4.36. The highest BCUT2D eigenvalue weighted by molar-refractivity contribution is 9.10. The Bertz CT molecular complexity index is 806. The highest BCUT2D eigenvalue weighted by atomic mass is 79.9. The number of rotatable bonds is 6. The second-order valence-electron chi connectivity index (χ2n) is 6.09. The molecule has 2 aromatic rings. The Morgan fingerprint density at radius 1 is 1.24 bits per heavy atom. The fraction of sp³-hybridized carbons (Fsp3) is 0.278. The molecular weight excluding hydrogens is 386 g/mol.